The van der Waals surface area contributed by atoms with E-state index in [0.717, 1.165) is 38.0 Å². The molecule has 1 aromatic rings. The Hall–Kier alpha value is -0.940. The summed E-state index contributed by atoms with van der Waals surface area (Å²) >= 11 is 1.40. The summed E-state index contributed by atoms with van der Waals surface area (Å²) in [6.07, 6.45) is 8.23. The lowest BCUT2D eigenvalue weighted by Crippen LogP contribution is -2.43. The maximum atomic E-state index is 12.5. The highest BCUT2D eigenvalue weighted by Crippen LogP contribution is 2.41. The average molecular weight is 294 g/mol. The van der Waals surface area contributed by atoms with Gasteiger partial charge in [-0.25, -0.2) is 4.98 Å². The van der Waals surface area contributed by atoms with Crippen LogP contribution >= 0.6 is 11.3 Å². The Morgan fingerprint density at radius 2 is 2.25 bits per heavy atom. The zero-order valence-corrected chi connectivity index (χ0v) is 12.6. The van der Waals surface area contributed by atoms with Crippen LogP contribution < -0.4 is 5.73 Å². The molecular formula is C15H22N2O2S. The van der Waals surface area contributed by atoms with E-state index >= 15 is 0 Å². The summed E-state index contributed by atoms with van der Waals surface area (Å²) in [5.74, 6) is 0.452. The van der Waals surface area contributed by atoms with E-state index in [-0.39, 0.29) is 11.5 Å². The number of thiazole rings is 1. The number of rotatable bonds is 3. The number of Topliss-reactive ketones (excluding diaryl/α,β-unsaturated/α-hetero) is 1. The number of carbonyl (C=O) groups is 1. The third-order valence-corrected chi connectivity index (χ3v) is 5.36. The van der Waals surface area contributed by atoms with E-state index < -0.39 is 0 Å². The van der Waals surface area contributed by atoms with E-state index in [1.807, 2.05) is 5.38 Å². The second kappa shape index (κ2) is 5.82. The van der Waals surface area contributed by atoms with Gasteiger partial charge in [-0.1, -0.05) is 19.3 Å². The maximum Gasteiger partial charge on any atom is 0.180 e. The van der Waals surface area contributed by atoms with Gasteiger partial charge >= 0.3 is 0 Å². The first kappa shape index (κ1) is 14.0. The molecule has 1 aliphatic heterocycles. The fourth-order valence-corrected chi connectivity index (χ4v) is 4.14. The first-order valence-electron chi connectivity index (χ1n) is 7.53. The van der Waals surface area contributed by atoms with Gasteiger partial charge in [0.15, 0.2) is 5.13 Å². The predicted octanol–water partition coefficient (Wildman–Crippen LogP) is 2.97. The molecule has 2 fully saturated rings. The van der Waals surface area contributed by atoms with Gasteiger partial charge in [-0.2, -0.15) is 0 Å². The van der Waals surface area contributed by atoms with Gasteiger partial charge in [-0.3, -0.25) is 4.79 Å². The highest BCUT2D eigenvalue weighted by molar-refractivity contribution is 7.13. The molecule has 2 heterocycles. The van der Waals surface area contributed by atoms with Crippen molar-refractivity contribution in [1.29, 1.82) is 0 Å². The minimum absolute atomic E-state index is 0.00205. The third-order valence-electron chi connectivity index (χ3n) is 4.64. The van der Waals surface area contributed by atoms with Gasteiger partial charge in [0.05, 0.1) is 11.3 Å². The number of carbonyl (C=O) groups excluding carboxylic acids is 1. The molecule has 2 aliphatic rings. The molecule has 1 atom stereocenters. The number of ketones is 1. The average Bonchev–Trinajstić information content (AvgIpc) is 2.85. The van der Waals surface area contributed by atoms with Crippen molar-refractivity contribution in [3.05, 3.63) is 11.1 Å². The number of nitrogens with two attached hydrogens (primary N) is 1. The smallest absolute Gasteiger partial charge is 0.180 e. The molecule has 1 spiro atoms. The molecule has 20 heavy (non-hydrogen) atoms. The van der Waals surface area contributed by atoms with Crippen molar-refractivity contribution in [3.63, 3.8) is 0 Å². The molecule has 2 N–H and O–H groups in total. The summed E-state index contributed by atoms with van der Waals surface area (Å²) in [6.45, 7) is 0.732. The summed E-state index contributed by atoms with van der Waals surface area (Å²) < 4.78 is 6.06. The Labute approximate surface area is 123 Å². The van der Waals surface area contributed by atoms with Crippen LogP contribution in [-0.2, 0) is 16.0 Å². The Morgan fingerprint density at radius 3 is 2.95 bits per heavy atom. The molecule has 1 aliphatic carbocycles. The third kappa shape index (κ3) is 3.04. The van der Waals surface area contributed by atoms with Crippen molar-refractivity contribution in [2.24, 2.45) is 5.92 Å². The molecule has 1 saturated carbocycles. The standard InChI is InChI=1S/C15H22N2O2S/c16-14-17-12(10-20-14)8-13(18)11-4-7-19-15(9-11)5-2-1-3-6-15/h10-11H,1-9H2,(H2,16,17). The van der Waals surface area contributed by atoms with Gasteiger partial charge in [-0.05, 0) is 25.7 Å². The van der Waals surface area contributed by atoms with Crippen LogP contribution in [0.1, 0.15) is 50.6 Å². The van der Waals surface area contributed by atoms with Crippen molar-refractivity contribution in [2.75, 3.05) is 12.3 Å². The van der Waals surface area contributed by atoms with Crippen LogP contribution in [0.5, 0.6) is 0 Å². The Bertz CT molecular complexity index is 474. The highest BCUT2D eigenvalue weighted by atomic mass is 32.1. The normalized spacial score (nSPS) is 25.7. The van der Waals surface area contributed by atoms with Crippen molar-refractivity contribution < 1.29 is 9.53 Å². The number of anilines is 1. The van der Waals surface area contributed by atoms with Crippen molar-refractivity contribution in [1.82, 2.24) is 4.98 Å². The molecule has 0 bridgehead atoms. The molecule has 0 amide bonds. The number of nitrogens with zero attached hydrogens (tertiary/aromatic N) is 1. The maximum absolute atomic E-state index is 12.5. The Kier molecular flexibility index (Phi) is 4.08. The monoisotopic (exact) mass is 294 g/mol. The van der Waals surface area contributed by atoms with E-state index in [1.165, 1.54) is 30.6 Å². The fraction of sp³-hybridized carbons (Fsp3) is 0.733. The topological polar surface area (TPSA) is 65.2 Å². The summed E-state index contributed by atoms with van der Waals surface area (Å²) in [5.41, 5.74) is 6.44. The van der Waals surface area contributed by atoms with Gasteiger partial charge in [0.2, 0.25) is 0 Å². The van der Waals surface area contributed by atoms with E-state index in [0.29, 0.717) is 17.3 Å². The van der Waals surface area contributed by atoms with Crippen LogP contribution in [0.4, 0.5) is 5.13 Å². The van der Waals surface area contributed by atoms with Crippen LogP contribution in [0.25, 0.3) is 0 Å². The fourth-order valence-electron chi connectivity index (χ4n) is 3.57. The summed E-state index contributed by atoms with van der Waals surface area (Å²) in [6, 6.07) is 0. The summed E-state index contributed by atoms with van der Waals surface area (Å²) in [5, 5.41) is 2.44. The van der Waals surface area contributed by atoms with Gasteiger partial charge in [0.25, 0.3) is 0 Å². The summed E-state index contributed by atoms with van der Waals surface area (Å²) in [4.78, 5) is 16.7. The zero-order chi connectivity index (χ0) is 14.0. The second-order valence-corrected chi connectivity index (χ2v) is 6.99. The van der Waals surface area contributed by atoms with Crippen molar-refractivity contribution in [3.8, 4) is 0 Å². The molecule has 4 nitrogen and oxygen atoms in total. The van der Waals surface area contributed by atoms with Gasteiger partial charge < -0.3 is 10.5 Å². The van der Waals surface area contributed by atoms with Crippen LogP contribution in [0, 0.1) is 5.92 Å². The molecule has 5 heteroatoms. The van der Waals surface area contributed by atoms with Crippen LogP contribution in [0.3, 0.4) is 0 Å². The SMILES string of the molecule is Nc1nc(CC(=O)C2CCOC3(CCCCC3)C2)cs1. The lowest BCUT2D eigenvalue weighted by atomic mass is 9.74. The molecule has 1 unspecified atom stereocenters. The lowest BCUT2D eigenvalue weighted by molar-refractivity contribution is -0.142. The molecular weight excluding hydrogens is 272 g/mol. The van der Waals surface area contributed by atoms with Crippen LogP contribution in [0.15, 0.2) is 5.38 Å². The minimum Gasteiger partial charge on any atom is -0.375 e. The number of ether oxygens (including phenoxy) is 1. The molecule has 110 valence electrons. The van der Waals surface area contributed by atoms with Crippen molar-refractivity contribution >= 4 is 22.3 Å². The van der Waals surface area contributed by atoms with Gasteiger partial charge in [-0.15, -0.1) is 11.3 Å². The van der Waals surface area contributed by atoms with E-state index in [4.69, 9.17) is 10.5 Å². The Balaban J connectivity index is 1.62. The molecule has 0 aromatic carbocycles. The van der Waals surface area contributed by atoms with Gasteiger partial charge in [0.1, 0.15) is 5.78 Å². The number of nitrogen functional groups attached to an aromatic ring is 1. The minimum atomic E-state index is -0.00205. The number of hydrogen-bond donors (Lipinski definition) is 1. The first-order valence-corrected chi connectivity index (χ1v) is 8.41. The van der Waals surface area contributed by atoms with Crippen molar-refractivity contribution in [2.45, 2.75) is 57.0 Å². The molecule has 1 aromatic heterocycles. The van der Waals surface area contributed by atoms with E-state index in [9.17, 15) is 4.79 Å². The van der Waals surface area contributed by atoms with E-state index in [2.05, 4.69) is 4.98 Å². The Morgan fingerprint density at radius 1 is 1.45 bits per heavy atom. The highest BCUT2D eigenvalue weighted by Gasteiger charge is 2.40. The van der Waals surface area contributed by atoms with Crippen LogP contribution in [-0.4, -0.2) is 23.0 Å². The number of hydrogen-bond acceptors (Lipinski definition) is 5. The quantitative estimate of drug-likeness (QED) is 0.930. The zero-order valence-electron chi connectivity index (χ0n) is 11.8. The first-order chi connectivity index (χ1) is 9.67. The number of aromatic nitrogens is 1. The van der Waals surface area contributed by atoms with Gasteiger partial charge in [0, 0.05) is 24.3 Å². The second-order valence-electron chi connectivity index (χ2n) is 6.10. The molecule has 0 radical (unpaired) electrons. The largest absolute Gasteiger partial charge is 0.375 e. The van der Waals surface area contributed by atoms with E-state index in [1.54, 1.807) is 0 Å². The van der Waals surface area contributed by atoms with Crippen LogP contribution in [0.2, 0.25) is 0 Å². The molecule has 1 saturated heterocycles. The predicted molar refractivity (Wildman–Crippen MR) is 79.7 cm³/mol. The molecule has 3 rings (SSSR count). The lowest BCUT2D eigenvalue weighted by Gasteiger charge is -2.43. The summed E-state index contributed by atoms with van der Waals surface area (Å²) in [7, 11) is 0.